The van der Waals surface area contributed by atoms with Gasteiger partial charge in [-0.05, 0) is 37.5 Å². The third kappa shape index (κ3) is 2.72. The molecule has 1 heterocycles. The Kier molecular flexibility index (Phi) is 4.01. The van der Waals surface area contributed by atoms with Gasteiger partial charge in [-0.1, -0.05) is 22.0 Å². The van der Waals surface area contributed by atoms with Gasteiger partial charge in [0.25, 0.3) is 5.91 Å². The topological polar surface area (TPSA) is 57.6 Å². The molecule has 1 amide bonds. The summed E-state index contributed by atoms with van der Waals surface area (Å²) in [6, 6.07) is 6.35. The average Bonchev–Trinajstić information content (AvgIpc) is 2.38. The predicted octanol–water partition coefficient (Wildman–Crippen LogP) is 2.53. The van der Waals surface area contributed by atoms with Gasteiger partial charge in [-0.15, -0.1) is 0 Å². The molecule has 1 aromatic rings. The molecule has 18 heavy (non-hydrogen) atoms. The van der Waals surface area contributed by atoms with E-state index in [1.54, 1.807) is 18.2 Å². The van der Waals surface area contributed by atoms with Crippen molar-refractivity contribution >= 4 is 27.8 Å². The summed E-state index contributed by atoms with van der Waals surface area (Å²) >= 11 is 3.31. The van der Waals surface area contributed by atoms with E-state index in [1.807, 2.05) is 6.07 Å². The Morgan fingerprint density at radius 2 is 2.11 bits per heavy atom. The molecule has 96 valence electrons. The quantitative estimate of drug-likeness (QED) is 0.913. The molecule has 5 heteroatoms. The summed E-state index contributed by atoms with van der Waals surface area (Å²) in [5.41, 5.74) is 0.525. The second-order valence-electron chi connectivity index (χ2n) is 4.36. The minimum atomic E-state index is -0.918. The maximum Gasteiger partial charge on any atom is 0.326 e. The molecule has 1 N–H and O–H groups in total. The molecule has 0 spiro atoms. The first-order valence-corrected chi connectivity index (χ1v) is 6.68. The van der Waals surface area contributed by atoms with Crippen LogP contribution in [0.2, 0.25) is 0 Å². The zero-order chi connectivity index (χ0) is 13.1. The highest BCUT2D eigenvalue weighted by molar-refractivity contribution is 9.10. The molecule has 1 saturated heterocycles. The van der Waals surface area contributed by atoms with Gasteiger partial charge >= 0.3 is 5.97 Å². The van der Waals surface area contributed by atoms with E-state index in [4.69, 9.17) is 5.11 Å². The van der Waals surface area contributed by atoms with E-state index in [1.165, 1.54) is 4.90 Å². The van der Waals surface area contributed by atoms with Crippen molar-refractivity contribution in [1.29, 1.82) is 0 Å². The molecule has 1 aliphatic rings. The van der Waals surface area contributed by atoms with Crippen LogP contribution >= 0.6 is 15.9 Å². The van der Waals surface area contributed by atoms with Crippen molar-refractivity contribution in [3.63, 3.8) is 0 Å². The van der Waals surface area contributed by atoms with E-state index in [0.29, 0.717) is 18.5 Å². The SMILES string of the molecule is O=C(O)[C@H]1CCCCN1C(=O)c1cccc(Br)c1. The number of benzene rings is 1. The standard InChI is InChI=1S/C13H14BrNO3/c14-10-5-3-4-9(8-10)12(16)15-7-2-1-6-11(15)13(17)18/h3-5,8,11H,1-2,6-7H2,(H,17,18)/t11-/m1/s1. The van der Waals surface area contributed by atoms with Gasteiger partial charge in [0.05, 0.1) is 0 Å². The van der Waals surface area contributed by atoms with Crippen molar-refractivity contribution in [2.75, 3.05) is 6.54 Å². The van der Waals surface area contributed by atoms with Crippen molar-refractivity contribution in [2.45, 2.75) is 25.3 Å². The molecule has 1 atom stereocenters. The summed E-state index contributed by atoms with van der Waals surface area (Å²) in [5, 5.41) is 9.16. The Bertz CT molecular complexity index is 475. The van der Waals surface area contributed by atoms with Gasteiger partial charge in [0, 0.05) is 16.6 Å². The number of halogens is 1. The van der Waals surface area contributed by atoms with E-state index in [2.05, 4.69) is 15.9 Å². The van der Waals surface area contributed by atoms with Crippen molar-refractivity contribution in [1.82, 2.24) is 4.90 Å². The first-order valence-electron chi connectivity index (χ1n) is 5.89. The fourth-order valence-corrected chi connectivity index (χ4v) is 2.62. The summed E-state index contributed by atoms with van der Waals surface area (Å²) in [7, 11) is 0. The Morgan fingerprint density at radius 3 is 2.78 bits per heavy atom. The van der Waals surface area contributed by atoms with Crippen molar-refractivity contribution < 1.29 is 14.7 Å². The largest absolute Gasteiger partial charge is 0.480 e. The summed E-state index contributed by atoms with van der Waals surface area (Å²) < 4.78 is 0.817. The Labute approximate surface area is 114 Å². The van der Waals surface area contributed by atoms with Crippen LogP contribution in [0.1, 0.15) is 29.6 Å². The molecule has 2 rings (SSSR count). The summed E-state index contributed by atoms with van der Waals surface area (Å²) in [4.78, 5) is 24.9. The highest BCUT2D eigenvalue weighted by Crippen LogP contribution is 2.21. The normalized spacial score (nSPS) is 19.6. The van der Waals surface area contributed by atoms with Crippen LogP contribution in [0.4, 0.5) is 0 Å². The number of carboxylic acid groups (broad SMARTS) is 1. The highest BCUT2D eigenvalue weighted by atomic mass is 79.9. The second kappa shape index (κ2) is 5.52. The molecule has 0 bridgehead atoms. The van der Waals surface area contributed by atoms with Crippen LogP contribution in [0, 0.1) is 0 Å². The third-order valence-corrected chi connectivity index (χ3v) is 3.61. The maximum atomic E-state index is 12.3. The van der Waals surface area contributed by atoms with Crippen LogP contribution in [-0.2, 0) is 4.79 Å². The number of nitrogens with zero attached hydrogens (tertiary/aromatic N) is 1. The van der Waals surface area contributed by atoms with E-state index in [-0.39, 0.29) is 5.91 Å². The van der Waals surface area contributed by atoms with Crippen molar-refractivity contribution in [2.24, 2.45) is 0 Å². The van der Waals surface area contributed by atoms with Crippen LogP contribution in [0.15, 0.2) is 28.7 Å². The molecule has 4 nitrogen and oxygen atoms in total. The Balaban J connectivity index is 2.23. The minimum Gasteiger partial charge on any atom is -0.480 e. The van der Waals surface area contributed by atoms with Gasteiger partial charge in [0.15, 0.2) is 0 Å². The molecule has 0 unspecified atom stereocenters. The minimum absolute atomic E-state index is 0.205. The summed E-state index contributed by atoms with van der Waals surface area (Å²) in [5.74, 6) is -1.12. The lowest BCUT2D eigenvalue weighted by Gasteiger charge is -2.33. The van der Waals surface area contributed by atoms with Gasteiger partial charge in [0.1, 0.15) is 6.04 Å². The monoisotopic (exact) mass is 311 g/mol. The van der Waals surface area contributed by atoms with Gasteiger partial charge in [-0.25, -0.2) is 4.79 Å². The molecule has 0 aromatic heterocycles. The number of hydrogen-bond donors (Lipinski definition) is 1. The van der Waals surface area contributed by atoms with Crippen LogP contribution in [0.3, 0.4) is 0 Å². The lowest BCUT2D eigenvalue weighted by molar-refractivity contribution is -0.143. The first kappa shape index (κ1) is 13.1. The predicted molar refractivity (Wildman–Crippen MR) is 70.5 cm³/mol. The fraction of sp³-hybridized carbons (Fsp3) is 0.385. The number of likely N-dealkylation sites (tertiary alicyclic amines) is 1. The van der Waals surface area contributed by atoms with Gasteiger partial charge < -0.3 is 10.0 Å². The number of carbonyl (C=O) groups excluding carboxylic acids is 1. The van der Waals surface area contributed by atoms with Gasteiger partial charge in [-0.3, -0.25) is 4.79 Å². The number of hydrogen-bond acceptors (Lipinski definition) is 2. The highest BCUT2D eigenvalue weighted by Gasteiger charge is 2.32. The van der Waals surface area contributed by atoms with Gasteiger partial charge in [-0.2, -0.15) is 0 Å². The number of carbonyl (C=O) groups is 2. The molecular weight excluding hydrogens is 298 g/mol. The summed E-state index contributed by atoms with van der Waals surface area (Å²) in [6.07, 6.45) is 2.26. The van der Waals surface area contributed by atoms with Gasteiger partial charge in [0.2, 0.25) is 0 Å². The maximum absolute atomic E-state index is 12.3. The van der Waals surface area contributed by atoms with Crippen molar-refractivity contribution in [3.05, 3.63) is 34.3 Å². The van der Waals surface area contributed by atoms with E-state index >= 15 is 0 Å². The van der Waals surface area contributed by atoms with E-state index < -0.39 is 12.0 Å². The molecule has 1 fully saturated rings. The molecular formula is C13H14BrNO3. The number of amides is 1. The Morgan fingerprint density at radius 1 is 1.33 bits per heavy atom. The average molecular weight is 312 g/mol. The zero-order valence-electron chi connectivity index (χ0n) is 9.80. The van der Waals surface area contributed by atoms with E-state index in [9.17, 15) is 9.59 Å². The van der Waals surface area contributed by atoms with Crippen LogP contribution in [0.5, 0.6) is 0 Å². The van der Waals surface area contributed by atoms with Crippen molar-refractivity contribution in [3.8, 4) is 0 Å². The van der Waals surface area contributed by atoms with Crippen LogP contribution in [-0.4, -0.2) is 34.5 Å². The number of aliphatic carboxylic acids is 1. The number of rotatable bonds is 2. The Hall–Kier alpha value is -1.36. The summed E-state index contributed by atoms with van der Waals surface area (Å²) in [6.45, 7) is 0.516. The number of carboxylic acids is 1. The van der Waals surface area contributed by atoms with Crippen LogP contribution in [0.25, 0.3) is 0 Å². The molecule has 1 aliphatic heterocycles. The molecule has 0 saturated carbocycles. The third-order valence-electron chi connectivity index (χ3n) is 3.12. The molecule has 0 aliphatic carbocycles. The lowest BCUT2D eigenvalue weighted by Crippen LogP contribution is -2.47. The van der Waals surface area contributed by atoms with Crippen LogP contribution < -0.4 is 0 Å². The first-order chi connectivity index (χ1) is 8.59. The fourth-order valence-electron chi connectivity index (χ4n) is 2.22. The molecule has 1 aromatic carbocycles. The molecule has 0 radical (unpaired) electrons. The second-order valence-corrected chi connectivity index (χ2v) is 5.27. The van der Waals surface area contributed by atoms with E-state index in [0.717, 1.165) is 17.3 Å². The lowest BCUT2D eigenvalue weighted by atomic mass is 10.0. The number of piperidine rings is 1. The smallest absolute Gasteiger partial charge is 0.326 e. The zero-order valence-corrected chi connectivity index (χ0v) is 11.4.